The maximum Gasteiger partial charge on any atom is 0.418 e. The number of aromatic amines is 1. The molecule has 3 heterocycles. The van der Waals surface area contributed by atoms with E-state index in [1.54, 1.807) is 11.0 Å². The molecule has 5 nitrogen and oxygen atoms in total. The van der Waals surface area contributed by atoms with Gasteiger partial charge in [-0.05, 0) is 30.7 Å². The summed E-state index contributed by atoms with van der Waals surface area (Å²) in [7, 11) is 0. The molecule has 0 bridgehead atoms. The molecule has 0 unspecified atom stereocenters. The number of alkyl halides is 3. The highest BCUT2D eigenvalue weighted by atomic mass is 19.4. The van der Waals surface area contributed by atoms with E-state index in [9.17, 15) is 13.2 Å². The van der Waals surface area contributed by atoms with Gasteiger partial charge >= 0.3 is 6.18 Å². The molecule has 0 fully saturated rings. The van der Waals surface area contributed by atoms with Crippen LogP contribution >= 0.6 is 0 Å². The topological polar surface area (TPSA) is 70.8 Å². The number of hydrogen-bond acceptors (Lipinski definition) is 4. The fraction of sp³-hybridized carbons (Fsp3) is 0.217. The Morgan fingerprint density at radius 3 is 2.68 bits per heavy atom. The van der Waals surface area contributed by atoms with Crippen molar-refractivity contribution in [2.24, 2.45) is 0 Å². The molecule has 3 N–H and O–H groups in total. The van der Waals surface area contributed by atoms with Crippen LogP contribution in [0.2, 0.25) is 0 Å². The van der Waals surface area contributed by atoms with Gasteiger partial charge in [0.15, 0.2) is 5.82 Å². The molecular formula is C23H20F3N5. The van der Waals surface area contributed by atoms with Gasteiger partial charge in [0, 0.05) is 53.4 Å². The van der Waals surface area contributed by atoms with Crippen LogP contribution in [0.1, 0.15) is 22.4 Å². The molecule has 0 spiro atoms. The van der Waals surface area contributed by atoms with E-state index >= 15 is 0 Å². The molecule has 0 atom stereocenters. The van der Waals surface area contributed by atoms with E-state index in [2.05, 4.69) is 9.97 Å². The average molecular weight is 423 g/mol. The van der Waals surface area contributed by atoms with Crippen molar-refractivity contribution in [3.05, 3.63) is 71.0 Å². The van der Waals surface area contributed by atoms with E-state index in [0.717, 1.165) is 33.8 Å². The van der Waals surface area contributed by atoms with Crippen LogP contribution in [0.5, 0.6) is 0 Å². The average Bonchev–Trinajstić information content (AvgIpc) is 3.14. The van der Waals surface area contributed by atoms with Gasteiger partial charge in [-0.25, -0.2) is 9.97 Å². The molecule has 0 radical (unpaired) electrons. The van der Waals surface area contributed by atoms with Crippen LogP contribution in [-0.2, 0) is 19.1 Å². The fourth-order valence-electron chi connectivity index (χ4n) is 4.30. The Kier molecular flexibility index (Phi) is 4.39. The van der Waals surface area contributed by atoms with E-state index in [4.69, 9.17) is 10.7 Å². The molecule has 0 aliphatic carbocycles. The zero-order chi connectivity index (χ0) is 21.8. The van der Waals surface area contributed by atoms with Crippen LogP contribution in [0.3, 0.4) is 0 Å². The molecule has 0 saturated carbocycles. The number of para-hydroxylation sites is 1. The van der Waals surface area contributed by atoms with Crippen molar-refractivity contribution in [3.8, 4) is 11.4 Å². The minimum atomic E-state index is -4.42. The molecule has 158 valence electrons. The molecular weight excluding hydrogens is 403 g/mol. The maximum absolute atomic E-state index is 13.5. The SMILES string of the molecule is Cc1c[nH]c2cccc(-c3nc(N)c4c(n3)CCN(c3ccccc3C(F)(F)F)C4)c12. The number of fused-ring (bicyclic) bond motifs is 2. The third kappa shape index (κ3) is 3.28. The van der Waals surface area contributed by atoms with Gasteiger partial charge in [0.05, 0.1) is 11.3 Å². The highest BCUT2D eigenvalue weighted by Crippen LogP contribution is 2.39. The van der Waals surface area contributed by atoms with Gasteiger partial charge in [0.2, 0.25) is 0 Å². The van der Waals surface area contributed by atoms with Crippen molar-refractivity contribution in [2.45, 2.75) is 26.1 Å². The van der Waals surface area contributed by atoms with Crippen molar-refractivity contribution in [3.63, 3.8) is 0 Å². The van der Waals surface area contributed by atoms with E-state index < -0.39 is 11.7 Å². The Morgan fingerprint density at radius 1 is 1.06 bits per heavy atom. The van der Waals surface area contributed by atoms with E-state index in [1.165, 1.54) is 12.1 Å². The number of benzene rings is 2. The zero-order valence-electron chi connectivity index (χ0n) is 16.8. The smallest absolute Gasteiger partial charge is 0.383 e. The third-order valence-electron chi connectivity index (χ3n) is 5.79. The number of anilines is 2. The number of halogens is 3. The number of nitrogens with two attached hydrogens (primary N) is 1. The first-order chi connectivity index (χ1) is 14.8. The molecule has 5 rings (SSSR count). The molecule has 4 aromatic rings. The maximum atomic E-state index is 13.5. The summed E-state index contributed by atoms with van der Waals surface area (Å²) in [5.74, 6) is 0.841. The lowest BCUT2D eigenvalue weighted by Gasteiger charge is -2.32. The molecule has 0 saturated heterocycles. The quantitative estimate of drug-likeness (QED) is 0.471. The van der Waals surface area contributed by atoms with E-state index in [-0.39, 0.29) is 12.2 Å². The lowest BCUT2D eigenvalue weighted by Crippen LogP contribution is -2.33. The number of hydrogen-bond donors (Lipinski definition) is 2. The summed E-state index contributed by atoms with van der Waals surface area (Å²) in [5.41, 5.74) is 10.2. The van der Waals surface area contributed by atoms with Crippen molar-refractivity contribution in [2.75, 3.05) is 17.2 Å². The minimum absolute atomic E-state index is 0.150. The number of aryl methyl sites for hydroxylation is 1. The van der Waals surface area contributed by atoms with Gasteiger partial charge in [0.25, 0.3) is 0 Å². The Bertz CT molecular complexity index is 1290. The first kappa shape index (κ1) is 19.4. The second kappa shape index (κ2) is 7.01. The van der Waals surface area contributed by atoms with E-state index in [1.807, 2.05) is 31.3 Å². The molecule has 1 aliphatic rings. The molecule has 2 aromatic heterocycles. The van der Waals surface area contributed by atoms with Crippen LogP contribution in [0.25, 0.3) is 22.3 Å². The second-order valence-corrected chi connectivity index (χ2v) is 7.74. The van der Waals surface area contributed by atoms with Crippen LogP contribution in [-0.4, -0.2) is 21.5 Å². The predicted octanol–water partition coefficient (Wildman–Crippen LogP) is 5.10. The standard InChI is InChI=1S/C23H20F3N5/c1-13-11-28-18-7-4-5-14(20(13)18)22-29-17-9-10-31(12-15(17)21(27)30-22)19-8-3-2-6-16(19)23(24,25)26/h2-8,11,28H,9-10,12H2,1H3,(H2,27,29,30). The second-order valence-electron chi connectivity index (χ2n) is 7.74. The summed E-state index contributed by atoms with van der Waals surface area (Å²) in [6, 6.07) is 11.5. The van der Waals surface area contributed by atoms with Crippen molar-refractivity contribution >= 4 is 22.4 Å². The van der Waals surface area contributed by atoms with E-state index in [0.29, 0.717) is 30.2 Å². The lowest BCUT2D eigenvalue weighted by atomic mass is 10.0. The highest BCUT2D eigenvalue weighted by molar-refractivity contribution is 5.96. The van der Waals surface area contributed by atoms with Crippen molar-refractivity contribution in [1.82, 2.24) is 15.0 Å². The molecule has 31 heavy (non-hydrogen) atoms. The number of nitrogens with one attached hydrogen (secondary N) is 1. The highest BCUT2D eigenvalue weighted by Gasteiger charge is 2.35. The van der Waals surface area contributed by atoms with Crippen LogP contribution < -0.4 is 10.6 Å². The Morgan fingerprint density at radius 2 is 1.87 bits per heavy atom. The molecule has 1 aliphatic heterocycles. The van der Waals surface area contributed by atoms with Gasteiger partial charge in [-0.3, -0.25) is 0 Å². The van der Waals surface area contributed by atoms with Crippen LogP contribution in [0, 0.1) is 6.92 Å². The van der Waals surface area contributed by atoms with Crippen LogP contribution in [0.4, 0.5) is 24.7 Å². The number of nitrogens with zero attached hydrogens (tertiary/aromatic N) is 3. The monoisotopic (exact) mass is 423 g/mol. The number of H-pyrrole nitrogens is 1. The molecule has 0 amide bonds. The van der Waals surface area contributed by atoms with Gasteiger partial charge < -0.3 is 15.6 Å². The summed E-state index contributed by atoms with van der Waals surface area (Å²) in [6.45, 7) is 2.67. The van der Waals surface area contributed by atoms with Crippen molar-refractivity contribution < 1.29 is 13.2 Å². The summed E-state index contributed by atoms with van der Waals surface area (Å²) < 4.78 is 40.4. The largest absolute Gasteiger partial charge is 0.418 e. The third-order valence-corrected chi connectivity index (χ3v) is 5.79. The predicted molar refractivity (Wildman–Crippen MR) is 115 cm³/mol. The lowest BCUT2D eigenvalue weighted by molar-refractivity contribution is -0.137. The number of nitrogen functional groups attached to an aromatic ring is 1. The Labute approximate surface area is 176 Å². The zero-order valence-corrected chi connectivity index (χ0v) is 16.8. The summed E-state index contributed by atoms with van der Waals surface area (Å²) >= 11 is 0. The molecule has 2 aromatic carbocycles. The Hall–Kier alpha value is -3.55. The van der Waals surface area contributed by atoms with Crippen LogP contribution in [0.15, 0.2) is 48.7 Å². The van der Waals surface area contributed by atoms with Crippen molar-refractivity contribution in [1.29, 1.82) is 0 Å². The first-order valence-corrected chi connectivity index (χ1v) is 9.96. The molecule has 8 heteroatoms. The normalized spacial score (nSPS) is 14.1. The van der Waals surface area contributed by atoms with Gasteiger partial charge in [0.1, 0.15) is 5.82 Å². The summed E-state index contributed by atoms with van der Waals surface area (Å²) in [4.78, 5) is 14.2. The fourth-order valence-corrected chi connectivity index (χ4v) is 4.30. The van der Waals surface area contributed by atoms with Gasteiger partial charge in [-0.15, -0.1) is 0 Å². The van der Waals surface area contributed by atoms with Gasteiger partial charge in [-0.1, -0.05) is 24.3 Å². The summed E-state index contributed by atoms with van der Waals surface area (Å²) in [5, 5.41) is 1.04. The Balaban J connectivity index is 1.55. The van der Waals surface area contributed by atoms with Gasteiger partial charge in [-0.2, -0.15) is 13.2 Å². The first-order valence-electron chi connectivity index (χ1n) is 9.96. The number of aromatic nitrogens is 3. The summed E-state index contributed by atoms with van der Waals surface area (Å²) in [6.07, 6.45) is -1.99. The minimum Gasteiger partial charge on any atom is -0.383 e. The number of rotatable bonds is 2.